The number of nitrogens with zero attached hydrogens (tertiary/aromatic N) is 1. The Morgan fingerprint density at radius 3 is 2.50 bits per heavy atom. The predicted octanol–water partition coefficient (Wildman–Crippen LogP) is 8.05. The van der Waals surface area contributed by atoms with E-state index in [1.165, 1.54) is 7.11 Å². The molecule has 0 saturated carbocycles. The molecule has 3 aromatic rings. The monoisotopic (exact) mass is 661 g/mol. The first-order chi connectivity index (χ1) is 19.2. The molecule has 3 aromatic carbocycles. The van der Waals surface area contributed by atoms with Crippen LogP contribution in [0.15, 0.2) is 86.4 Å². The number of amides is 1. The number of aliphatic hydroxyl groups excluding tert-OH is 1. The number of methoxy groups -OCH3 is 1. The van der Waals surface area contributed by atoms with Crippen LogP contribution in [-0.4, -0.2) is 35.7 Å². The van der Waals surface area contributed by atoms with Crippen molar-refractivity contribution >= 4 is 73.9 Å². The zero-order valence-electron chi connectivity index (χ0n) is 21.2. The standard InChI is InChI=1S/C29H22BrCl2NO6S/c1-3-38-29(36)24-25(34)23(40-28(24)33-27(35)18-7-5-4-6-8-18)14-17-11-19(30)26(22(13-17)37-2)39-15-16-9-10-20(31)21(32)12-16/h4-14,34H,3,15H2,1-2H3/b23-14-,33-28?. The molecule has 0 bridgehead atoms. The first-order valence-electron chi connectivity index (χ1n) is 11.8. The molecular formula is C29H22BrCl2NO6S. The molecule has 11 heteroatoms. The summed E-state index contributed by atoms with van der Waals surface area (Å²) in [6, 6.07) is 17.1. The zero-order valence-corrected chi connectivity index (χ0v) is 25.2. The fraction of sp³-hybridized carbons (Fsp3) is 0.138. The number of hydrogen-bond donors (Lipinski definition) is 1. The fourth-order valence-electron chi connectivity index (χ4n) is 3.63. The van der Waals surface area contributed by atoms with Gasteiger partial charge in [-0.1, -0.05) is 59.2 Å². The summed E-state index contributed by atoms with van der Waals surface area (Å²) >= 11 is 16.6. The van der Waals surface area contributed by atoms with E-state index < -0.39 is 11.9 Å². The van der Waals surface area contributed by atoms with E-state index in [-0.39, 0.29) is 29.6 Å². The lowest BCUT2D eigenvalue weighted by Crippen LogP contribution is -2.14. The average Bonchev–Trinajstić information content (AvgIpc) is 3.24. The summed E-state index contributed by atoms with van der Waals surface area (Å²) in [4.78, 5) is 29.8. The molecule has 0 fully saturated rings. The summed E-state index contributed by atoms with van der Waals surface area (Å²) in [7, 11) is 1.51. The van der Waals surface area contributed by atoms with Crippen LogP contribution in [-0.2, 0) is 16.1 Å². The molecule has 0 spiro atoms. The van der Waals surface area contributed by atoms with Crippen molar-refractivity contribution in [3.8, 4) is 11.5 Å². The molecule has 1 amide bonds. The Hall–Kier alpha value is -3.24. The number of carbonyl (C=O) groups is 2. The van der Waals surface area contributed by atoms with Gasteiger partial charge >= 0.3 is 5.97 Å². The van der Waals surface area contributed by atoms with Gasteiger partial charge in [0.1, 0.15) is 23.0 Å². The van der Waals surface area contributed by atoms with Crippen LogP contribution >= 0.6 is 50.9 Å². The van der Waals surface area contributed by atoms with Crippen LogP contribution in [0.5, 0.6) is 11.5 Å². The van der Waals surface area contributed by atoms with Crippen LogP contribution in [0.3, 0.4) is 0 Å². The molecule has 1 aliphatic rings. The van der Waals surface area contributed by atoms with E-state index in [9.17, 15) is 14.7 Å². The first-order valence-corrected chi connectivity index (χ1v) is 14.2. The average molecular weight is 663 g/mol. The van der Waals surface area contributed by atoms with E-state index in [2.05, 4.69) is 20.9 Å². The van der Waals surface area contributed by atoms with E-state index >= 15 is 0 Å². The molecule has 0 atom stereocenters. The lowest BCUT2D eigenvalue weighted by atomic mass is 10.1. The highest BCUT2D eigenvalue weighted by molar-refractivity contribution is 9.10. The summed E-state index contributed by atoms with van der Waals surface area (Å²) in [5.74, 6) is -0.783. The summed E-state index contributed by atoms with van der Waals surface area (Å²) in [5.41, 5.74) is 1.62. The van der Waals surface area contributed by atoms with E-state index in [4.69, 9.17) is 37.4 Å². The van der Waals surface area contributed by atoms with Crippen LogP contribution in [0, 0.1) is 0 Å². The predicted molar refractivity (Wildman–Crippen MR) is 162 cm³/mol. The number of esters is 1. The van der Waals surface area contributed by atoms with Gasteiger partial charge in [-0.25, -0.2) is 9.79 Å². The third-order valence-corrected chi connectivity index (χ3v) is 7.86. The third kappa shape index (κ3) is 6.90. The van der Waals surface area contributed by atoms with E-state index in [1.54, 1.807) is 67.6 Å². The van der Waals surface area contributed by atoms with Gasteiger partial charge in [0.15, 0.2) is 11.5 Å². The molecule has 40 heavy (non-hydrogen) atoms. The van der Waals surface area contributed by atoms with Crippen LogP contribution in [0.25, 0.3) is 6.08 Å². The number of rotatable bonds is 8. The zero-order chi connectivity index (χ0) is 28.8. The van der Waals surface area contributed by atoms with Crippen molar-refractivity contribution in [3.63, 3.8) is 0 Å². The fourth-order valence-corrected chi connectivity index (χ4v) is 5.54. The minimum atomic E-state index is -0.777. The normalized spacial score (nSPS) is 15.0. The van der Waals surface area contributed by atoms with Crippen molar-refractivity contribution in [1.82, 2.24) is 0 Å². The lowest BCUT2D eigenvalue weighted by molar-refractivity contribution is -0.138. The molecular weight excluding hydrogens is 641 g/mol. The Morgan fingerprint density at radius 1 is 1.07 bits per heavy atom. The number of ether oxygens (including phenoxy) is 3. The van der Waals surface area contributed by atoms with Crippen LogP contribution in [0.4, 0.5) is 0 Å². The van der Waals surface area contributed by atoms with Gasteiger partial charge in [0.25, 0.3) is 5.91 Å². The Labute approximate surface area is 253 Å². The SMILES string of the molecule is CCOC(=O)C1=C(O)/C(=C/c2cc(Br)c(OCc3ccc(Cl)c(Cl)c3)c(OC)c2)SC1=NC(=O)c1ccccc1. The highest BCUT2D eigenvalue weighted by atomic mass is 79.9. The largest absolute Gasteiger partial charge is 0.506 e. The van der Waals surface area contributed by atoms with Gasteiger partial charge < -0.3 is 19.3 Å². The molecule has 1 aliphatic heterocycles. The molecule has 0 aromatic heterocycles. The molecule has 1 N–H and O–H groups in total. The maximum atomic E-state index is 12.7. The number of benzene rings is 3. The van der Waals surface area contributed by atoms with Gasteiger partial charge in [0.05, 0.1) is 33.1 Å². The van der Waals surface area contributed by atoms with Crippen molar-refractivity contribution in [2.24, 2.45) is 4.99 Å². The van der Waals surface area contributed by atoms with Crippen LogP contribution in [0.1, 0.15) is 28.4 Å². The molecule has 0 radical (unpaired) electrons. The van der Waals surface area contributed by atoms with Crippen LogP contribution in [0.2, 0.25) is 10.0 Å². The third-order valence-electron chi connectivity index (χ3n) is 5.51. The highest BCUT2D eigenvalue weighted by Crippen LogP contribution is 2.42. The van der Waals surface area contributed by atoms with Crippen molar-refractivity contribution in [2.45, 2.75) is 13.5 Å². The minimum absolute atomic E-state index is 0.0451. The van der Waals surface area contributed by atoms with Gasteiger partial charge in [0, 0.05) is 5.56 Å². The second-order valence-electron chi connectivity index (χ2n) is 8.21. The van der Waals surface area contributed by atoms with Gasteiger partial charge in [-0.2, -0.15) is 0 Å². The smallest absolute Gasteiger partial charge is 0.344 e. The highest BCUT2D eigenvalue weighted by Gasteiger charge is 2.34. The summed E-state index contributed by atoms with van der Waals surface area (Å²) < 4.78 is 17.2. The maximum Gasteiger partial charge on any atom is 0.344 e. The molecule has 206 valence electrons. The Morgan fingerprint density at radius 2 is 1.82 bits per heavy atom. The Kier molecular flexibility index (Phi) is 9.97. The Balaban J connectivity index is 1.65. The van der Waals surface area contributed by atoms with E-state index in [1.807, 2.05) is 6.07 Å². The topological polar surface area (TPSA) is 94.4 Å². The lowest BCUT2D eigenvalue weighted by Gasteiger charge is -2.14. The van der Waals surface area contributed by atoms with E-state index in [0.717, 1.165) is 17.3 Å². The Bertz CT molecular complexity index is 1560. The van der Waals surface area contributed by atoms with Gasteiger partial charge in [-0.05, 0) is 76.5 Å². The van der Waals surface area contributed by atoms with Crippen molar-refractivity contribution in [3.05, 3.63) is 108 Å². The first kappa shape index (κ1) is 29.7. The van der Waals surface area contributed by atoms with Crippen molar-refractivity contribution in [2.75, 3.05) is 13.7 Å². The molecule has 0 aliphatic carbocycles. The quantitative estimate of drug-likeness (QED) is 0.244. The summed E-state index contributed by atoms with van der Waals surface area (Å²) in [6.07, 6.45) is 1.64. The number of hydrogen-bond acceptors (Lipinski definition) is 7. The number of aliphatic imine (C=N–C) groups is 1. The molecule has 1 heterocycles. The summed E-state index contributed by atoms with van der Waals surface area (Å²) in [5, 5.41) is 11.9. The molecule has 4 rings (SSSR count). The molecule has 7 nitrogen and oxygen atoms in total. The second kappa shape index (κ2) is 13.4. The number of thioether (sulfide) groups is 1. The van der Waals surface area contributed by atoms with Gasteiger partial charge in [-0.15, -0.1) is 0 Å². The molecule has 0 saturated heterocycles. The van der Waals surface area contributed by atoms with Crippen molar-refractivity contribution < 1.29 is 28.9 Å². The maximum absolute atomic E-state index is 12.7. The number of halogens is 3. The minimum Gasteiger partial charge on any atom is -0.506 e. The van der Waals surface area contributed by atoms with Gasteiger partial charge in [-0.3, -0.25) is 4.79 Å². The van der Waals surface area contributed by atoms with Crippen molar-refractivity contribution in [1.29, 1.82) is 0 Å². The second-order valence-corrected chi connectivity index (χ2v) is 10.9. The number of carbonyl (C=O) groups excluding carboxylic acids is 2. The van der Waals surface area contributed by atoms with Crippen LogP contribution < -0.4 is 9.47 Å². The van der Waals surface area contributed by atoms with E-state index in [0.29, 0.717) is 42.0 Å². The summed E-state index contributed by atoms with van der Waals surface area (Å²) in [6.45, 7) is 1.95. The van der Waals surface area contributed by atoms with Gasteiger partial charge in [0.2, 0.25) is 0 Å². The molecule has 0 unspecified atom stereocenters. The number of aliphatic hydroxyl groups is 1.